The van der Waals surface area contributed by atoms with Crippen LogP contribution < -0.4 is 27.4 Å². The molecule has 0 aliphatic heterocycles. The third-order valence-electron chi connectivity index (χ3n) is 5.00. The van der Waals surface area contributed by atoms with Crippen LogP contribution in [0.5, 0.6) is 0 Å². The zero-order valence-electron chi connectivity index (χ0n) is 19.5. The average molecular weight is 510 g/mol. The first-order chi connectivity index (χ1) is 16.8. The minimum atomic E-state index is -1.58. The third kappa shape index (κ3) is 10.5. The lowest BCUT2D eigenvalue weighted by atomic mass is 10.0. The summed E-state index contributed by atoms with van der Waals surface area (Å²) in [4.78, 5) is 71.4. The largest absolute Gasteiger partial charge is 0.481 e. The molecule has 36 heavy (non-hydrogen) atoms. The van der Waals surface area contributed by atoms with E-state index in [1.165, 1.54) is 6.92 Å². The molecule has 0 aromatic heterocycles. The number of nitrogens with one attached hydrogen (secondary N) is 3. The van der Waals surface area contributed by atoms with Gasteiger partial charge < -0.3 is 42.7 Å². The Bertz CT molecular complexity index is 954. The number of carbonyl (C=O) groups is 6. The molecule has 4 amide bonds. The number of hydrogen-bond acceptors (Lipinski definition) is 8. The van der Waals surface area contributed by atoms with Gasteiger partial charge in [-0.05, 0) is 18.9 Å². The van der Waals surface area contributed by atoms with E-state index in [1.54, 1.807) is 30.3 Å². The van der Waals surface area contributed by atoms with Gasteiger partial charge in [0.15, 0.2) is 0 Å². The molecule has 14 nitrogen and oxygen atoms in total. The number of nitrogens with two attached hydrogens (primary N) is 2. The van der Waals surface area contributed by atoms with Gasteiger partial charge in [-0.3, -0.25) is 24.0 Å². The van der Waals surface area contributed by atoms with E-state index in [2.05, 4.69) is 16.0 Å². The van der Waals surface area contributed by atoms with Crippen molar-refractivity contribution in [3.63, 3.8) is 0 Å². The van der Waals surface area contributed by atoms with Gasteiger partial charge in [-0.2, -0.15) is 0 Å². The molecular formula is C22H31N5O9. The predicted molar refractivity (Wildman–Crippen MR) is 124 cm³/mol. The Morgan fingerprint density at radius 3 is 1.97 bits per heavy atom. The summed E-state index contributed by atoms with van der Waals surface area (Å²) in [5.74, 6) is -6.43. The van der Waals surface area contributed by atoms with Gasteiger partial charge in [0, 0.05) is 12.8 Å². The van der Waals surface area contributed by atoms with Crippen LogP contribution in [0.3, 0.4) is 0 Å². The van der Waals surface area contributed by atoms with Crippen molar-refractivity contribution in [2.24, 2.45) is 11.5 Å². The van der Waals surface area contributed by atoms with Crippen molar-refractivity contribution in [3.8, 4) is 0 Å². The van der Waals surface area contributed by atoms with E-state index >= 15 is 0 Å². The highest BCUT2D eigenvalue weighted by Crippen LogP contribution is 2.07. The summed E-state index contributed by atoms with van der Waals surface area (Å²) in [6, 6.07) is 2.53. The van der Waals surface area contributed by atoms with Crippen molar-refractivity contribution in [1.29, 1.82) is 0 Å². The van der Waals surface area contributed by atoms with Crippen LogP contribution in [-0.2, 0) is 35.2 Å². The first kappa shape index (κ1) is 30.0. The number of aliphatic hydroxyl groups is 1. The first-order valence-corrected chi connectivity index (χ1v) is 10.9. The molecule has 10 N–H and O–H groups in total. The number of benzene rings is 1. The van der Waals surface area contributed by atoms with Crippen LogP contribution in [0.2, 0.25) is 0 Å². The van der Waals surface area contributed by atoms with Gasteiger partial charge in [0.2, 0.25) is 23.6 Å². The summed E-state index contributed by atoms with van der Waals surface area (Å²) < 4.78 is 0. The lowest BCUT2D eigenvalue weighted by Crippen LogP contribution is -2.60. The summed E-state index contributed by atoms with van der Waals surface area (Å²) >= 11 is 0. The van der Waals surface area contributed by atoms with Crippen molar-refractivity contribution in [1.82, 2.24) is 16.0 Å². The van der Waals surface area contributed by atoms with Gasteiger partial charge in [0.1, 0.15) is 18.1 Å². The normalized spacial score (nSPS) is 14.9. The van der Waals surface area contributed by atoms with Crippen LogP contribution in [0, 0.1) is 0 Å². The highest BCUT2D eigenvalue weighted by Gasteiger charge is 2.32. The molecule has 0 aliphatic rings. The molecule has 1 aromatic rings. The summed E-state index contributed by atoms with van der Waals surface area (Å²) in [5.41, 5.74) is 11.2. The Balaban J connectivity index is 3.09. The predicted octanol–water partition coefficient (Wildman–Crippen LogP) is -2.78. The van der Waals surface area contributed by atoms with Crippen LogP contribution in [0.15, 0.2) is 30.3 Å². The number of aliphatic carboxylic acids is 2. The molecule has 0 bridgehead atoms. The highest BCUT2D eigenvalue weighted by atomic mass is 16.4. The molecule has 0 saturated carbocycles. The summed E-state index contributed by atoms with van der Waals surface area (Å²) in [7, 11) is 0. The van der Waals surface area contributed by atoms with E-state index in [0.29, 0.717) is 5.56 Å². The number of carboxylic acids is 2. The maximum Gasteiger partial charge on any atom is 0.326 e. The highest BCUT2D eigenvalue weighted by molar-refractivity contribution is 5.95. The number of hydrogen-bond donors (Lipinski definition) is 8. The maximum atomic E-state index is 12.9. The summed E-state index contributed by atoms with van der Waals surface area (Å²) in [5, 5.41) is 35.0. The van der Waals surface area contributed by atoms with Crippen LogP contribution in [0.25, 0.3) is 0 Å². The fraction of sp³-hybridized carbons (Fsp3) is 0.455. The van der Waals surface area contributed by atoms with Gasteiger partial charge >= 0.3 is 11.9 Å². The number of primary amides is 1. The van der Waals surface area contributed by atoms with Crippen molar-refractivity contribution >= 4 is 35.6 Å². The second kappa shape index (κ2) is 14.4. The van der Waals surface area contributed by atoms with E-state index in [1.807, 2.05) is 0 Å². The molecule has 0 saturated heterocycles. The molecular weight excluding hydrogens is 478 g/mol. The molecule has 0 aliphatic carbocycles. The molecule has 14 heteroatoms. The third-order valence-corrected chi connectivity index (χ3v) is 5.00. The molecule has 198 valence electrons. The Labute approximate surface area is 206 Å². The SMILES string of the molecule is CC(O)C(NC(=O)C(N)CC(N)=O)C(=O)NC(Cc1ccccc1)C(=O)NC(CCC(=O)O)C(=O)O. The first-order valence-electron chi connectivity index (χ1n) is 10.9. The molecule has 0 fully saturated rings. The second-order valence-electron chi connectivity index (χ2n) is 8.09. The Kier molecular flexibility index (Phi) is 12.0. The van der Waals surface area contributed by atoms with E-state index in [-0.39, 0.29) is 6.42 Å². The smallest absolute Gasteiger partial charge is 0.326 e. The lowest BCUT2D eigenvalue weighted by Gasteiger charge is -2.26. The Hall–Kier alpha value is -4.04. The topological polar surface area (TPSA) is 251 Å². The van der Waals surface area contributed by atoms with Crippen molar-refractivity contribution in [3.05, 3.63) is 35.9 Å². The van der Waals surface area contributed by atoms with Crippen LogP contribution >= 0.6 is 0 Å². The number of carbonyl (C=O) groups excluding carboxylic acids is 4. The molecule has 1 rings (SSSR count). The molecule has 0 heterocycles. The van der Waals surface area contributed by atoms with Crippen molar-refractivity contribution in [2.75, 3.05) is 0 Å². The zero-order chi connectivity index (χ0) is 27.4. The Morgan fingerprint density at radius 1 is 0.889 bits per heavy atom. The number of carboxylic acid groups (broad SMARTS) is 2. The van der Waals surface area contributed by atoms with Crippen molar-refractivity contribution < 1.29 is 44.1 Å². The van der Waals surface area contributed by atoms with Crippen molar-refractivity contribution in [2.45, 2.75) is 62.9 Å². The average Bonchev–Trinajstić information content (AvgIpc) is 2.78. The number of aliphatic hydroxyl groups excluding tert-OH is 1. The van der Waals surface area contributed by atoms with E-state index in [4.69, 9.17) is 16.6 Å². The van der Waals surface area contributed by atoms with Gasteiger partial charge in [0.05, 0.1) is 18.6 Å². The molecule has 1 aromatic carbocycles. The quantitative estimate of drug-likeness (QED) is 0.121. The minimum Gasteiger partial charge on any atom is -0.481 e. The van der Waals surface area contributed by atoms with Gasteiger partial charge in [0.25, 0.3) is 0 Å². The minimum absolute atomic E-state index is 0.0919. The summed E-state index contributed by atoms with van der Waals surface area (Å²) in [6.45, 7) is 1.20. The van der Waals surface area contributed by atoms with Crippen LogP contribution in [0.1, 0.15) is 31.7 Å². The second-order valence-corrected chi connectivity index (χ2v) is 8.09. The molecule has 0 radical (unpaired) electrons. The Morgan fingerprint density at radius 2 is 1.47 bits per heavy atom. The van der Waals surface area contributed by atoms with E-state index < -0.39 is 85.1 Å². The zero-order valence-corrected chi connectivity index (χ0v) is 19.5. The number of amides is 4. The van der Waals surface area contributed by atoms with Gasteiger partial charge in [-0.1, -0.05) is 30.3 Å². The summed E-state index contributed by atoms with van der Waals surface area (Å²) in [6.07, 6.45) is -2.96. The molecule has 5 atom stereocenters. The fourth-order valence-electron chi connectivity index (χ4n) is 3.09. The van der Waals surface area contributed by atoms with Gasteiger partial charge in [-0.25, -0.2) is 4.79 Å². The van der Waals surface area contributed by atoms with Crippen LogP contribution in [-0.4, -0.2) is 81.2 Å². The molecule has 5 unspecified atom stereocenters. The lowest BCUT2D eigenvalue weighted by molar-refractivity contribution is -0.143. The van der Waals surface area contributed by atoms with Crippen LogP contribution in [0.4, 0.5) is 0 Å². The standard InChI is InChI=1S/C22H31N5O9/c1-11(28)18(27-19(32)13(23)10-16(24)29)21(34)26-15(9-12-5-3-2-4-6-12)20(33)25-14(22(35)36)7-8-17(30)31/h2-6,11,13-15,18,28H,7-10,23H2,1H3,(H2,24,29)(H,25,33)(H,26,34)(H,27,32)(H,30,31)(H,35,36). The monoisotopic (exact) mass is 509 g/mol. The van der Waals surface area contributed by atoms with Gasteiger partial charge in [-0.15, -0.1) is 0 Å². The molecule has 0 spiro atoms. The van der Waals surface area contributed by atoms with E-state index in [0.717, 1.165) is 0 Å². The number of rotatable bonds is 15. The maximum absolute atomic E-state index is 12.9. The van der Waals surface area contributed by atoms with E-state index in [9.17, 15) is 39.0 Å². The fourth-order valence-corrected chi connectivity index (χ4v) is 3.09.